The van der Waals surface area contributed by atoms with E-state index in [1.807, 2.05) is 0 Å². The van der Waals surface area contributed by atoms with E-state index in [1.54, 1.807) is 48.5 Å². The van der Waals surface area contributed by atoms with Crippen LogP contribution in [0.5, 0.6) is 5.75 Å². The smallest absolute Gasteiger partial charge is 0.344 e. The second-order valence-electron chi connectivity index (χ2n) is 4.85. The Bertz CT molecular complexity index is 736. The molecule has 1 N–H and O–H groups in total. The summed E-state index contributed by atoms with van der Waals surface area (Å²) in [5, 5.41) is 3.48. The maximum Gasteiger partial charge on any atom is 0.344 e. The lowest BCUT2D eigenvalue weighted by atomic mass is 10.3. The van der Waals surface area contributed by atoms with Crippen molar-refractivity contribution in [3.63, 3.8) is 0 Å². The van der Waals surface area contributed by atoms with Crippen molar-refractivity contribution < 1.29 is 19.1 Å². The molecule has 0 aliphatic rings. The molecule has 0 fully saturated rings. The number of hydrogen-bond acceptors (Lipinski definition) is 4. The molecule has 1 atom stereocenters. The molecule has 2 aromatic rings. The van der Waals surface area contributed by atoms with E-state index in [-0.39, 0.29) is 6.61 Å². The van der Waals surface area contributed by atoms with Crippen LogP contribution in [0.25, 0.3) is 0 Å². The van der Waals surface area contributed by atoms with Gasteiger partial charge in [-0.15, -0.1) is 0 Å². The number of hydrogen-bond donors (Lipinski definition) is 1. The summed E-state index contributed by atoms with van der Waals surface area (Å²) in [6, 6.07) is 13.4. The minimum absolute atomic E-state index is 0.329. The van der Waals surface area contributed by atoms with Gasteiger partial charge >= 0.3 is 5.97 Å². The third-order valence-electron chi connectivity index (χ3n) is 2.96. The first kappa shape index (κ1) is 18.1. The van der Waals surface area contributed by atoms with Crippen LogP contribution in [0.1, 0.15) is 6.92 Å². The molecule has 7 heteroatoms. The number of halogens is 2. The van der Waals surface area contributed by atoms with Gasteiger partial charge in [0.25, 0.3) is 5.91 Å². The standard InChI is InChI=1S/C17H15Cl2NO4/c1-11(17(22)20-15-8-3-2-7-14(15)19)24-16(21)10-23-13-6-4-5-12(18)9-13/h2-9,11H,10H2,1H3,(H,20,22)/t11-/m1/s1. The van der Waals surface area contributed by atoms with Gasteiger partial charge in [0, 0.05) is 5.02 Å². The van der Waals surface area contributed by atoms with E-state index >= 15 is 0 Å². The first-order valence-corrected chi connectivity index (χ1v) is 7.84. The highest BCUT2D eigenvalue weighted by Crippen LogP contribution is 2.21. The number of esters is 1. The van der Waals surface area contributed by atoms with E-state index in [0.29, 0.717) is 21.5 Å². The van der Waals surface area contributed by atoms with Crippen LogP contribution in [-0.4, -0.2) is 24.6 Å². The fourth-order valence-corrected chi connectivity index (χ4v) is 2.14. The highest BCUT2D eigenvalue weighted by molar-refractivity contribution is 6.33. The normalized spacial score (nSPS) is 11.5. The molecule has 0 saturated carbocycles. The van der Waals surface area contributed by atoms with Crippen LogP contribution in [0.15, 0.2) is 48.5 Å². The lowest BCUT2D eigenvalue weighted by molar-refractivity contribution is -0.155. The Morgan fingerprint density at radius 3 is 2.58 bits per heavy atom. The molecule has 0 saturated heterocycles. The quantitative estimate of drug-likeness (QED) is 0.785. The van der Waals surface area contributed by atoms with Gasteiger partial charge in [-0.3, -0.25) is 4.79 Å². The maximum absolute atomic E-state index is 12.0. The monoisotopic (exact) mass is 367 g/mol. The number of carbonyl (C=O) groups is 2. The topological polar surface area (TPSA) is 64.6 Å². The van der Waals surface area contributed by atoms with E-state index in [2.05, 4.69) is 5.32 Å². The first-order valence-electron chi connectivity index (χ1n) is 7.09. The summed E-state index contributed by atoms with van der Waals surface area (Å²) < 4.78 is 10.3. The summed E-state index contributed by atoms with van der Waals surface area (Å²) in [5.41, 5.74) is 0.447. The van der Waals surface area contributed by atoms with Crippen LogP contribution < -0.4 is 10.1 Å². The Labute approximate surface area is 149 Å². The molecule has 0 aliphatic heterocycles. The Balaban J connectivity index is 1.82. The van der Waals surface area contributed by atoms with Crippen molar-refractivity contribution >= 4 is 40.8 Å². The lowest BCUT2D eigenvalue weighted by Crippen LogP contribution is -2.31. The lowest BCUT2D eigenvalue weighted by Gasteiger charge is -2.14. The largest absolute Gasteiger partial charge is 0.482 e. The van der Waals surface area contributed by atoms with E-state index in [4.69, 9.17) is 32.7 Å². The SMILES string of the molecule is C[C@@H](OC(=O)COc1cccc(Cl)c1)C(=O)Nc1ccccc1Cl. The fourth-order valence-electron chi connectivity index (χ4n) is 1.78. The van der Waals surface area contributed by atoms with Gasteiger partial charge in [-0.1, -0.05) is 41.4 Å². The molecular formula is C17H15Cl2NO4. The van der Waals surface area contributed by atoms with Crippen LogP contribution in [-0.2, 0) is 14.3 Å². The number of carbonyl (C=O) groups excluding carboxylic acids is 2. The number of amides is 1. The first-order chi connectivity index (χ1) is 11.5. The average molecular weight is 368 g/mol. The molecule has 0 heterocycles. The van der Waals surface area contributed by atoms with Crippen molar-refractivity contribution in [2.45, 2.75) is 13.0 Å². The molecule has 2 rings (SSSR count). The van der Waals surface area contributed by atoms with E-state index in [0.717, 1.165) is 0 Å². The van der Waals surface area contributed by atoms with Crippen molar-refractivity contribution in [1.29, 1.82) is 0 Å². The number of rotatable bonds is 6. The summed E-state index contributed by atoms with van der Waals surface area (Å²) >= 11 is 11.8. The Morgan fingerprint density at radius 2 is 1.88 bits per heavy atom. The minimum atomic E-state index is -0.989. The van der Waals surface area contributed by atoms with E-state index in [1.165, 1.54) is 6.92 Å². The highest BCUT2D eigenvalue weighted by Gasteiger charge is 2.19. The third-order valence-corrected chi connectivity index (χ3v) is 3.53. The van der Waals surface area contributed by atoms with Crippen molar-refractivity contribution in [1.82, 2.24) is 0 Å². The zero-order valence-electron chi connectivity index (χ0n) is 12.8. The predicted molar refractivity (Wildman–Crippen MR) is 92.6 cm³/mol. The zero-order chi connectivity index (χ0) is 17.5. The maximum atomic E-state index is 12.0. The van der Waals surface area contributed by atoms with Gasteiger partial charge in [-0.05, 0) is 37.3 Å². The van der Waals surface area contributed by atoms with Crippen LogP contribution >= 0.6 is 23.2 Å². The number of para-hydroxylation sites is 1. The second kappa shape index (κ2) is 8.57. The van der Waals surface area contributed by atoms with Crippen molar-refractivity contribution in [3.05, 3.63) is 58.6 Å². The second-order valence-corrected chi connectivity index (χ2v) is 5.69. The number of benzene rings is 2. The van der Waals surface area contributed by atoms with Gasteiger partial charge in [0.05, 0.1) is 10.7 Å². The molecule has 24 heavy (non-hydrogen) atoms. The van der Waals surface area contributed by atoms with Gasteiger partial charge in [-0.25, -0.2) is 4.79 Å². The molecule has 0 radical (unpaired) electrons. The van der Waals surface area contributed by atoms with Gasteiger partial charge < -0.3 is 14.8 Å². The Hall–Kier alpha value is -2.24. The van der Waals surface area contributed by atoms with Gasteiger partial charge in [0.15, 0.2) is 12.7 Å². The van der Waals surface area contributed by atoms with Crippen molar-refractivity contribution in [3.8, 4) is 5.75 Å². The van der Waals surface area contributed by atoms with Crippen molar-refractivity contribution in [2.24, 2.45) is 0 Å². The van der Waals surface area contributed by atoms with Crippen molar-refractivity contribution in [2.75, 3.05) is 11.9 Å². The predicted octanol–water partition coefficient (Wildman–Crippen LogP) is 3.94. The molecular weight excluding hydrogens is 353 g/mol. The Morgan fingerprint density at radius 1 is 1.12 bits per heavy atom. The van der Waals surface area contributed by atoms with Crippen LogP contribution in [0, 0.1) is 0 Å². The van der Waals surface area contributed by atoms with Crippen LogP contribution in [0.4, 0.5) is 5.69 Å². The summed E-state index contributed by atoms with van der Waals surface area (Å²) in [7, 11) is 0. The van der Waals surface area contributed by atoms with Gasteiger partial charge in [0.2, 0.25) is 0 Å². The van der Waals surface area contributed by atoms with E-state index < -0.39 is 18.0 Å². The van der Waals surface area contributed by atoms with E-state index in [9.17, 15) is 9.59 Å². The molecule has 1 amide bonds. The van der Waals surface area contributed by atoms with Crippen LogP contribution in [0.3, 0.4) is 0 Å². The molecule has 5 nitrogen and oxygen atoms in total. The molecule has 0 bridgehead atoms. The highest BCUT2D eigenvalue weighted by atomic mass is 35.5. The molecule has 0 spiro atoms. The molecule has 0 unspecified atom stereocenters. The van der Waals surface area contributed by atoms with Gasteiger partial charge in [0.1, 0.15) is 5.75 Å². The zero-order valence-corrected chi connectivity index (χ0v) is 14.3. The summed E-state index contributed by atoms with van der Waals surface area (Å²) in [5.74, 6) is -0.719. The molecule has 0 aliphatic carbocycles. The van der Waals surface area contributed by atoms with Crippen LogP contribution in [0.2, 0.25) is 10.0 Å². The minimum Gasteiger partial charge on any atom is -0.482 e. The number of anilines is 1. The third kappa shape index (κ3) is 5.44. The molecule has 126 valence electrons. The molecule has 0 aromatic heterocycles. The fraction of sp³-hybridized carbons (Fsp3) is 0.176. The summed E-state index contributed by atoms with van der Waals surface area (Å²) in [4.78, 5) is 23.8. The van der Waals surface area contributed by atoms with Gasteiger partial charge in [-0.2, -0.15) is 0 Å². The summed E-state index contributed by atoms with van der Waals surface area (Å²) in [6.45, 7) is 1.13. The number of ether oxygens (including phenoxy) is 2. The molecule has 2 aromatic carbocycles. The average Bonchev–Trinajstić information content (AvgIpc) is 2.55. The number of nitrogens with one attached hydrogen (secondary N) is 1. The summed E-state index contributed by atoms with van der Waals surface area (Å²) in [6.07, 6.45) is -0.989. The Kier molecular flexibility index (Phi) is 6.46.